The Labute approximate surface area is 127 Å². The van der Waals surface area contributed by atoms with E-state index in [0.717, 1.165) is 16.7 Å². The molecule has 5 heteroatoms. The van der Waals surface area contributed by atoms with Crippen molar-refractivity contribution in [1.82, 2.24) is 9.97 Å². The van der Waals surface area contributed by atoms with Crippen molar-refractivity contribution in [2.75, 3.05) is 13.4 Å². The van der Waals surface area contributed by atoms with Gasteiger partial charge in [-0.05, 0) is 36.6 Å². The zero-order valence-electron chi connectivity index (χ0n) is 11.7. The molecule has 0 saturated carbocycles. The predicted molar refractivity (Wildman–Crippen MR) is 84.4 cm³/mol. The Morgan fingerprint density at radius 1 is 1.00 bits per heavy atom. The molecule has 0 aliphatic carbocycles. The average molecular weight is 298 g/mol. The van der Waals surface area contributed by atoms with E-state index < -0.39 is 0 Å². The molecule has 0 saturated heterocycles. The lowest BCUT2D eigenvalue weighted by molar-refractivity contribution is 0.416. The molecule has 0 unspecified atom stereocenters. The Balaban J connectivity index is 2.00. The Hall–Kier alpha value is -2.27. The van der Waals surface area contributed by atoms with Gasteiger partial charge in [-0.15, -0.1) is 11.8 Å². The van der Waals surface area contributed by atoms with Gasteiger partial charge in [-0.2, -0.15) is 0 Å². The number of methoxy groups -OCH3 is 1. The maximum absolute atomic E-state index is 5.95. The van der Waals surface area contributed by atoms with E-state index in [1.807, 2.05) is 36.6 Å². The van der Waals surface area contributed by atoms with Gasteiger partial charge in [0.2, 0.25) is 0 Å². The first-order valence-electron chi connectivity index (χ1n) is 6.40. The summed E-state index contributed by atoms with van der Waals surface area (Å²) in [5.41, 5.74) is 0.741. The summed E-state index contributed by atoms with van der Waals surface area (Å²) in [6, 6.07) is 9.79. The number of benzene rings is 1. The van der Waals surface area contributed by atoms with Gasteiger partial charge in [0.15, 0.2) is 5.75 Å². The van der Waals surface area contributed by atoms with Crippen LogP contribution in [0.3, 0.4) is 0 Å². The maximum Gasteiger partial charge on any atom is 0.163 e. The van der Waals surface area contributed by atoms with Gasteiger partial charge in [0.25, 0.3) is 0 Å². The highest BCUT2D eigenvalue weighted by atomic mass is 32.2. The van der Waals surface area contributed by atoms with Crippen molar-refractivity contribution in [2.45, 2.75) is 4.90 Å². The van der Waals surface area contributed by atoms with Crippen LogP contribution < -0.4 is 9.47 Å². The maximum atomic E-state index is 5.95. The molecular weight excluding hydrogens is 284 g/mol. The molecule has 2 heterocycles. The van der Waals surface area contributed by atoms with E-state index in [1.165, 1.54) is 4.90 Å². The van der Waals surface area contributed by atoms with Crippen molar-refractivity contribution in [2.24, 2.45) is 0 Å². The summed E-state index contributed by atoms with van der Waals surface area (Å²) in [5.74, 6) is 2.13. The van der Waals surface area contributed by atoms with E-state index in [1.54, 1.807) is 37.5 Å². The fraction of sp³-hybridized carbons (Fsp3) is 0.125. The van der Waals surface area contributed by atoms with Gasteiger partial charge in [0.05, 0.1) is 18.7 Å². The molecule has 3 aromatic rings. The van der Waals surface area contributed by atoms with E-state index in [0.29, 0.717) is 11.5 Å². The molecule has 0 aliphatic rings. The van der Waals surface area contributed by atoms with Gasteiger partial charge >= 0.3 is 0 Å². The van der Waals surface area contributed by atoms with Crippen molar-refractivity contribution in [1.29, 1.82) is 0 Å². The molecule has 0 radical (unpaired) electrons. The molecular formula is C16H14N2O2S. The number of ether oxygens (including phenoxy) is 2. The summed E-state index contributed by atoms with van der Waals surface area (Å²) in [5, 5.41) is 0.825. The average Bonchev–Trinajstić information content (AvgIpc) is 2.55. The number of thioether (sulfide) groups is 1. The van der Waals surface area contributed by atoms with Crippen LogP contribution >= 0.6 is 11.8 Å². The molecule has 0 atom stereocenters. The van der Waals surface area contributed by atoms with Crippen molar-refractivity contribution in [3.05, 3.63) is 48.9 Å². The summed E-state index contributed by atoms with van der Waals surface area (Å²) in [6.07, 6.45) is 7.13. The molecule has 0 aliphatic heterocycles. The van der Waals surface area contributed by atoms with Crippen LogP contribution in [0.2, 0.25) is 0 Å². The van der Waals surface area contributed by atoms with E-state index >= 15 is 0 Å². The minimum atomic E-state index is 0.635. The van der Waals surface area contributed by atoms with E-state index in [-0.39, 0.29) is 0 Å². The van der Waals surface area contributed by atoms with Crippen molar-refractivity contribution < 1.29 is 9.47 Å². The summed E-state index contributed by atoms with van der Waals surface area (Å²) >= 11 is 1.70. The molecule has 106 valence electrons. The van der Waals surface area contributed by atoms with E-state index in [4.69, 9.17) is 9.47 Å². The molecule has 0 spiro atoms. The van der Waals surface area contributed by atoms with Gasteiger partial charge < -0.3 is 9.47 Å². The number of hydrogen-bond acceptors (Lipinski definition) is 5. The first-order valence-corrected chi connectivity index (χ1v) is 7.63. The van der Waals surface area contributed by atoms with Crippen LogP contribution in [-0.2, 0) is 0 Å². The van der Waals surface area contributed by atoms with Gasteiger partial charge in [-0.3, -0.25) is 9.97 Å². The quantitative estimate of drug-likeness (QED) is 0.677. The zero-order chi connectivity index (χ0) is 14.7. The van der Waals surface area contributed by atoms with Gasteiger partial charge in [0.1, 0.15) is 17.0 Å². The van der Waals surface area contributed by atoms with Crippen molar-refractivity contribution in [3.63, 3.8) is 0 Å². The number of fused-ring (bicyclic) bond motifs is 1. The molecule has 1 aromatic carbocycles. The Morgan fingerprint density at radius 2 is 1.81 bits per heavy atom. The normalized spacial score (nSPS) is 10.6. The second kappa shape index (κ2) is 6.01. The number of rotatable bonds is 4. The van der Waals surface area contributed by atoms with Crippen LogP contribution in [0.15, 0.2) is 53.8 Å². The lowest BCUT2D eigenvalue weighted by Crippen LogP contribution is -1.92. The van der Waals surface area contributed by atoms with Gasteiger partial charge in [-0.25, -0.2) is 0 Å². The first-order chi connectivity index (χ1) is 10.3. The smallest absolute Gasteiger partial charge is 0.163 e. The SMILES string of the molecule is COc1cncc2c(Oc3ccc(SC)cc3)ccnc12. The second-order valence-corrected chi connectivity index (χ2v) is 5.20. The first kappa shape index (κ1) is 13.7. The van der Waals surface area contributed by atoms with Crippen LogP contribution in [0.5, 0.6) is 17.2 Å². The fourth-order valence-corrected chi connectivity index (χ4v) is 2.43. The monoisotopic (exact) mass is 298 g/mol. The minimum absolute atomic E-state index is 0.635. The third-order valence-electron chi connectivity index (χ3n) is 3.09. The molecule has 2 aromatic heterocycles. The standard InChI is InChI=1S/C16H14N2O2S/c1-19-15-10-17-9-13-14(7-8-18-16(13)15)20-11-3-5-12(21-2)6-4-11/h3-10H,1-2H3. The number of nitrogens with zero attached hydrogens (tertiary/aromatic N) is 2. The number of pyridine rings is 2. The van der Waals surface area contributed by atoms with Gasteiger partial charge in [-0.1, -0.05) is 0 Å². The van der Waals surface area contributed by atoms with Crippen LogP contribution in [0, 0.1) is 0 Å². The van der Waals surface area contributed by atoms with Crippen molar-refractivity contribution in [3.8, 4) is 17.2 Å². The van der Waals surface area contributed by atoms with Crippen LogP contribution in [0.25, 0.3) is 10.9 Å². The molecule has 4 nitrogen and oxygen atoms in total. The Bertz CT molecular complexity index is 760. The molecule has 21 heavy (non-hydrogen) atoms. The number of aromatic nitrogens is 2. The molecule has 0 amide bonds. The van der Waals surface area contributed by atoms with Crippen LogP contribution in [0.4, 0.5) is 0 Å². The highest BCUT2D eigenvalue weighted by Crippen LogP contribution is 2.32. The van der Waals surface area contributed by atoms with E-state index in [2.05, 4.69) is 9.97 Å². The zero-order valence-corrected chi connectivity index (χ0v) is 12.6. The topological polar surface area (TPSA) is 44.2 Å². The molecule has 3 rings (SSSR count). The largest absolute Gasteiger partial charge is 0.493 e. The summed E-state index contributed by atoms with van der Waals surface area (Å²) in [6.45, 7) is 0. The lowest BCUT2D eigenvalue weighted by Gasteiger charge is -2.10. The van der Waals surface area contributed by atoms with Crippen LogP contribution in [-0.4, -0.2) is 23.3 Å². The third kappa shape index (κ3) is 2.78. The Kier molecular flexibility index (Phi) is 3.92. The summed E-state index contributed by atoms with van der Waals surface area (Å²) in [7, 11) is 1.60. The second-order valence-electron chi connectivity index (χ2n) is 4.32. The number of hydrogen-bond donors (Lipinski definition) is 0. The molecule has 0 N–H and O–H groups in total. The third-order valence-corrected chi connectivity index (χ3v) is 3.83. The predicted octanol–water partition coefficient (Wildman–Crippen LogP) is 4.15. The minimum Gasteiger partial charge on any atom is -0.493 e. The lowest BCUT2D eigenvalue weighted by atomic mass is 10.2. The van der Waals surface area contributed by atoms with E-state index in [9.17, 15) is 0 Å². The van der Waals surface area contributed by atoms with Gasteiger partial charge in [0, 0.05) is 17.3 Å². The summed E-state index contributed by atoms with van der Waals surface area (Å²) in [4.78, 5) is 9.70. The molecule has 0 bridgehead atoms. The van der Waals surface area contributed by atoms with Crippen LogP contribution in [0.1, 0.15) is 0 Å². The molecule has 0 fully saturated rings. The highest BCUT2D eigenvalue weighted by Gasteiger charge is 2.09. The highest BCUT2D eigenvalue weighted by molar-refractivity contribution is 7.98. The Morgan fingerprint density at radius 3 is 2.52 bits per heavy atom. The van der Waals surface area contributed by atoms with Crippen molar-refractivity contribution >= 4 is 22.7 Å². The fourth-order valence-electron chi connectivity index (χ4n) is 2.03. The summed E-state index contributed by atoms with van der Waals surface area (Å²) < 4.78 is 11.2.